The van der Waals surface area contributed by atoms with Crippen LogP contribution in [0.25, 0.3) is 0 Å². The van der Waals surface area contributed by atoms with Crippen LogP contribution in [0.2, 0.25) is 0 Å². The number of aliphatic hydroxyl groups is 1. The minimum absolute atomic E-state index is 0.485. The van der Waals surface area contributed by atoms with Gasteiger partial charge in [-0.25, -0.2) is 0 Å². The Morgan fingerprint density at radius 2 is 1.95 bits per heavy atom. The van der Waals surface area contributed by atoms with Gasteiger partial charge in [0.25, 0.3) is 0 Å². The Morgan fingerprint density at radius 3 is 2.67 bits per heavy atom. The average molecular weight is 282 g/mol. The molecular formula is C19H22O2. The Balaban J connectivity index is 1.77. The molecule has 1 fully saturated rings. The van der Waals surface area contributed by atoms with E-state index in [-0.39, 0.29) is 0 Å². The maximum atomic E-state index is 10.5. The second-order valence-electron chi connectivity index (χ2n) is 5.83. The van der Waals surface area contributed by atoms with E-state index in [0.717, 1.165) is 16.9 Å². The average Bonchev–Trinajstić information content (AvgIpc) is 2.46. The number of ether oxygens (including phenoxy) is 1. The van der Waals surface area contributed by atoms with Crippen molar-refractivity contribution in [2.45, 2.75) is 37.7 Å². The zero-order chi connectivity index (χ0) is 14.7. The lowest BCUT2D eigenvalue weighted by Gasteiger charge is -2.26. The molecule has 0 aliphatic heterocycles. The molecule has 1 aliphatic carbocycles. The summed E-state index contributed by atoms with van der Waals surface area (Å²) in [5, 5.41) is 10.5. The predicted octanol–water partition coefficient (Wildman–Crippen LogP) is 4.24. The number of para-hydroxylation sites is 1. The van der Waals surface area contributed by atoms with Gasteiger partial charge in [0, 0.05) is 6.42 Å². The van der Waals surface area contributed by atoms with Gasteiger partial charge in [-0.2, -0.15) is 0 Å². The van der Waals surface area contributed by atoms with Gasteiger partial charge >= 0.3 is 0 Å². The van der Waals surface area contributed by atoms with E-state index in [1.165, 1.54) is 24.8 Å². The van der Waals surface area contributed by atoms with E-state index >= 15 is 0 Å². The second-order valence-corrected chi connectivity index (χ2v) is 5.83. The molecule has 1 atom stereocenters. The molecule has 0 bridgehead atoms. The molecule has 0 heterocycles. The van der Waals surface area contributed by atoms with Crippen LogP contribution in [-0.2, 0) is 6.42 Å². The number of hydrogen-bond donors (Lipinski definition) is 1. The zero-order valence-electron chi connectivity index (χ0n) is 12.5. The number of rotatable bonds is 5. The van der Waals surface area contributed by atoms with Crippen molar-refractivity contribution in [3.05, 3.63) is 65.2 Å². The van der Waals surface area contributed by atoms with E-state index in [1.807, 2.05) is 30.3 Å². The highest BCUT2D eigenvalue weighted by Crippen LogP contribution is 2.37. The standard InChI is InChI=1S/C19H22O2/c1-21-19-11-3-2-6-17(19)13-18(20)16-10-5-9-15(12-16)14-7-4-8-14/h2-3,5-6,9-12,14,18,20H,4,7-8,13H2,1H3. The van der Waals surface area contributed by atoms with Gasteiger partial charge in [0.2, 0.25) is 0 Å². The molecule has 2 aromatic rings. The summed E-state index contributed by atoms with van der Waals surface area (Å²) in [4.78, 5) is 0. The van der Waals surface area contributed by atoms with Crippen molar-refractivity contribution < 1.29 is 9.84 Å². The fourth-order valence-corrected chi connectivity index (χ4v) is 2.96. The van der Waals surface area contributed by atoms with Crippen molar-refractivity contribution in [3.8, 4) is 5.75 Å². The highest BCUT2D eigenvalue weighted by Gasteiger charge is 2.20. The first kappa shape index (κ1) is 14.2. The van der Waals surface area contributed by atoms with E-state index in [0.29, 0.717) is 12.3 Å². The van der Waals surface area contributed by atoms with Crippen LogP contribution in [0.5, 0.6) is 5.75 Å². The van der Waals surface area contributed by atoms with Gasteiger partial charge in [0.05, 0.1) is 13.2 Å². The van der Waals surface area contributed by atoms with Crippen molar-refractivity contribution in [2.24, 2.45) is 0 Å². The lowest BCUT2D eigenvalue weighted by atomic mass is 9.79. The van der Waals surface area contributed by atoms with Gasteiger partial charge in [-0.15, -0.1) is 0 Å². The zero-order valence-corrected chi connectivity index (χ0v) is 12.5. The van der Waals surface area contributed by atoms with Crippen LogP contribution in [-0.4, -0.2) is 12.2 Å². The summed E-state index contributed by atoms with van der Waals surface area (Å²) >= 11 is 0. The topological polar surface area (TPSA) is 29.5 Å². The van der Waals surface area contributed by atoms with Gasteiger partial charge in [0.15, 0.2) is 0 Å². The summed E-state index contributed by atoms with van der Waals surface area (Å²) in [5.74, 6) is 1.54. The molecule has 2 heteroatoms. The Labute approximate surface area is 126 Å². The van der Waals surface area contributed by atoms with Crippen LogP contribution in [0.1, 0.15) is 48.0 Å². The third kappa shape index (κ3) is 3.11. The van der Waals surface area contributed by atoms with Crippen molar-refractivity contribution in [1.82, 2.24) is 0 Å². The highest BCUT2D eigenvalue weighted by atomic mass is 16.5. The lowest BCUT2D eigenvalue weighted by Crippen LogP contribution is -2.10. The Morgan fingerprint density at radius 1 is 1.14 bits per heavy atom. The first-order chi connectivity index (χ1) is 10.3. The summed E-state index contributed by atoms with van der Waals surface area (Å²) in [7, 11) is 1.67. The maximum Gasteiger partial charge on any atom is 0.122 e. The molecule has 2 nitrogen and oxygen atoms in total. The number of benzene rings is 2. The van der Waals surface area contributed by atoms with Crippen LogP contribution >= 0.6 is 0 Å². The first-order valence-electron chi connectivity index (χ1n) is 7.67. The minimum atomic E-state index is -0.485. The summed E-state index contributed by atoms with van der Waals surface area (Å²) in [6, 6.07) is 16.3. The van der Waals surface area contributed by atoms with Crippen molar-refractivity contribution >= 4 is 0 Å². The van der Waals surface area contributed by atoms with Gasteiger partial charge in [0.1, 0.15) is 5.75 Å². The summed E-state index contributed by atoms with van der Waals surface area (Å²) in [5.41, 5.74) is 3.42. The third-order valence-corrected chi connectivity index (χ3v) is 4.48. The molecule has 1 aliphatic rings. The maximum absolute atomic E-state index is 10.5. The molecule has 1 saturated carbocycles. The largest absolute Gasteiger partial charge is 0.496 e. The molecule has 0 aromatic heterocycles. The van der Waals surface area contributed by atoms with E-state index in [4.69, 9.17) is 4.74 Å². The van der Waals surface area contributed by atoms with E-state index in [1.54, 1.807) is 7.11 Å². The summed E-state index contributed by atoms with van der Waals surface area (Å²) in [6.45, 7) is 0. The van der Waals surface area contributed by atoms with E-state index in [9.17, 15) is 5.11 Å². The first-order valence-corrected chi connectivity index (χ1v) is 7.67. The monoisotopic (exact) mass is 282 g/mol. The van der Waals surface area contributed by atoms with Gasteiger partial charge in [-0.3, -0.25) is 0 Å². The molecule has 0 radical (unpaired) electrons. The quantitative estimate of drug-likeness (QED) is 0.889. The van der Waals surface area contributed by atoms with E-state index in [2.05, 4.69) is 18.2 Å². The fraction of sp³-hybridized carbons (Fsp3) is 0.368. The fourth-order valence-electron chi connectivity index (χ4n) is 2.96. The molecule has 3 rings (SSSR count). The van der Waals surface area contributed by atoms with Crippen LogP contribution in [0.4, 0.5) is 0 Å². The molecule has 2 aromatic carbocycles. The van der Waals surface area contributed by atoms with Crippen molar-refractivity contribution in [2.75, 3.05) is 7.11 Å². The normalized spacial score (nSPS) is 16.3. The van der Waals surface area contributed by atoms with Crippen molar-refractivity contribution in [3.63, 3.8) is 0 Å². The molecule has 0 amide bonds. The van der Waals surface area contributed by atoms with Gasteiger partial charge in [-0.05, 0) is 41.5 Å². The van der Waals surface area contributed by atoms with Crippen LogP contribution < -0.4 is 4.74 Å². The number of methoxy groups -OCH3 is 1. The Kier molecular flexibility index (Phi) is 4.26. The second kappa shape index (κ2) is 6.31. The van der Waals surface area contributed by atoms with Crippen molar-refractivity contribution in [1.29, 1.82) is 0 Å². The number of aliphatic hydroxyl groups excluding tert-OH is 1. The highest BCUT2D eigenvalue weighted by molar-refractivity contribution is 5.36. The van der Waals surface area contributed by atoms with Crippen LogP contribution in [0.15, 0.2) is 48.5 Å². The smallest absolute Gasteiger partial charge is 0.122 e. The SMILES string of the molecule is COc1ccccc1CC(O)c1cccc(C2CCC2)c1. The molecule has 1 unspecified atom stereocenters. The van der Waals surface area contributed by atoms with Gasteiger partial charge < -0.3 is 9.84 Å². The molecule has 0 saturated heterocycles. The lowest BCUT2D eigenvalue weighted by molar-refractivity contribution is 0.177. The van der Waals surface area contributed by atoms with Gasteiger partial charge in [-0.1, -0.05) is 48.9 Å². The Hall–Kier alpha value is -1.80. The minimum Gasteiger partial charge on any atom is -0.496 e. The molecule has 0 spiro atoms. The predicted molar refractivity (Wildman–Crippen MR) is 84.7 cm³/mol. The van der Waals surface area contributed by atoms with E-state index < -0.39 is 6.10 Å². The molecule has 110 valence electrons. The molecule has 21 heavy (non-hydrogen) atoms. The number of hydrogen-bond acceptors (Lipinski definition) is 2. The van der Waals surface area contributed by atoms with Crippen LogP contribution in [0.3, 0.4) is 0 Å². The molecule has 1 N–H and O–H groups in total. The summed E-state index contributed by atoms with van der Waals surface area (Å²) in [6.07, 6.45) is 4.00. The third-order valence-electron chi connectivity index (χ3n) is 4.48. The van der Waals surface area contributed by atoms with Crippen LogP contribution in [0, 0.1) is 0 Å². The Bertz CT molecular complexity index is 602. The molecular weight excluding hydrogens is 260 g/mol. The summed E-state index contributed by atoms with van der Waals surface area (Å²) < 4.78 is 5.36.